The molecule has 0 aromatic carbocycles. The Morgan fingerprint density at radius 3 is 2.83 bits per heavy atom. The third kappa shape index (κ3) is 4.08. The molecule has 1 aliphatic rings. The molecule has 1 heterocycles. The van der Waals surface area contributed by atoms with Gasteiger partial charge < -0.3 is 10.2 Å². The number of hydrogen-bond acceptors (Lipinski definition) is 3. The molecular weight excluding hydrogens is 240 g/mol. The average molecular weight is 266 g/mol. The Morgan fingerprint density at radius 1 is 1.44 bits per heavy atom. The molecule has 18 heavy (non-hydrogen) atoms. The summed E-state index contributed by atoms with van der Waals surface area (Å²) in [5.41, 5.74) is 1.43. The molecule has 0 saturated heterocycles. The Hall–Kier alpha value is -0.380. The van der Waals surface area contributed by atoms with E-state index in [2.05, 4.69) is 35.5 Å². The van der Waals surface area contributed by atoms with Gasteiger partial charge in [-0.25, -0.2) is 0 Å². The standard InChI is InChI=1S/C15H26N2S/c1-3-17(12-14-5-4-6-14)9-8-16-11-15-13(2)7-10-18-15/h7,10,14,16H,3-6,8-9,11-12H2,1-2H3. The lowest BCUT2D eigenvalue weighted by molar-refractivity contribution is 0.184. The normalized spacial score (nSPS) is 16.2. The first-order chi connectivity index (χ1) is 8.79. The van der Waals surface area contributed by atoms with Gasteiger partial charge in [-0.1, -0.05) is 13.3 Å². The molecule has 2 rings (SSSR count). The summed E-state index contributed by atoms with van der Waals surface area (Å²) < 4.78 is 0. The third-order valence-corrected chi connectivity index (χ3v) is 5.07. The highest BCUT2D eigenvalue weighted by molar-refractivity contribution is 7.10. The zero-order valence-corrected chi connectivity index (χ0v) is 12.6. The average Bonchev–Trinajstić information content (AvgIpc) is 2.72. The first kappa shape index (κ1) is 14.0. The summed E-state index contributed by atoms with van der Waals surface area (Å²) in [6.07, 6.45) is 4.37. The summed E-state index contributed by atoms with van der Waals surface area (Å²) in [5, 5.41) is 5.75. The van der Waals surface area contributed by atoms with Crippen molar-refractivity contribution in [1.82, 2.24) is 10.2 Å². The molecule has 0 aliphatic heterocycles. The monoisotopic (exact) mass is 266 g/mol. The van der Waals surface area contributed by atoms with Crippen LogP contribution in [0.5, 0.6) is 0 Å². The van der Waals surface area contributed by atoms with Gasteiger partial charge in [-0.15, -0.1) is 11.3 Å². The van der Waals surface area contributed by atoms with Crippen LogP contribution in [-0.4, -0.2) is 31.1 Å². The summed E-state index contributed by atoms with van der Waals surface area (Å²) in [6.45, 7) is 10.3. The van der Waals surface area contributed by atoms with Crippen LogP contribution >= 0.6 is 11.3 Å². The van der Waals surface area contributed by atoms with Gasteiger partial charge in [0.2, 0.25) is 0 Å². The lowest BCUT2D eigenvalue weighted by Crippen LogP contribution is -2.37. The Labute approximate surface area is 115 Å². The van der Waals surface area contributed by atoms with Gasteiger partial charge in [-0.05, 0) is 49.2 Å². The van der Waals surface area contributed by atoms with Crippen LogP contribution in [0.3, 0.4) is 0 Å². The molecule has 2 nitrogen and oxygen atoms in total. The van der Waals surface area contributed by atoms with E-state index in [-0.39, 0.29) is 0 Å². The SMILES string of the molecule is CCN(CCNCc1sccc1C)CC1CCC1. The zero-order valence-electron chi connectivity index (χ0n) is 11.7. The van der Waals surface area contributed by atoms with E-state index in [1.165, 1.54) is 49.3 Å². The molecule has 3 heteroatoms. The van der Waals surface area contributed by atoms with Gasteiger partial charge in [-0.3, -0.25) is 0 Å². The van der Waals surface area contributed by atoms with Crippen LogP contribution < -0.4 is 5.32 Å². The number of rotatable bonds is 8. The smallest absolute Gasteiger partial charge is 0.0302 e. The number of hydrogen-bond donors (Lipinski definition) is 1. The summed E-state index contributed by atoms with van der Waals surface area (Å²) >= 11 is 1.86. The predicted octanol–water partition coefficient (Wildman–Crippen LogP) is 3.27. The maximum absolute atomic E-state index is 3.57. The summed E-state index contributed by atoms with van der Waals surface area (Å²) in [6, 6.07) is 2.20. The lowest BCUT2D eigenvalue weighted by Gasteiger charge is -2.31. The third-order valence-electron chi connectivity index (χ3n) is 4.05. The van der Waals surface area contributed by atoms with Crippen LogP contribution in [0, 0.1) is 12.8 Å². The lowest BCUT2D eigenvalue weighted by atomic mass is 9.85. The minimum absolute atomic E-state index is 0.990. The largest absolute Gasteiger partial charge is 0.311 e. The first-order valence-corrected chi connectivity index (χ1v) is 8.13. The van der Waals surface area contributed by atoms with E-state index in [0.717, 1.165) is 19.0 Å². The maximum Gasteiger partial charge on any atom is 0.0302 e. The number of likely N-dealkylation sites (N-methyl/N-ethyl adjacent to an activating group) is 1. The molecule has 0 radical (unpaired) electrons. The number of nitrogens with zero attached hydrogens (tertiary/aromatic N) is 1. The molecule has 1 aromatic heterocycles. The molecule has 1 saturated carbocycles. The minimum Gasteiger partial charge on any atom is -0.311 e. The molecule has 0 atom stereocenters. The van der Waals surface area contributed by atoms with Crippen molar-refractivity contribution in [3.8, 4) is 0 Å². The zero-order chi connectivity index (χ0) is 12.8. The molecule has 0 spiro atoms. The number of nitrogens with one attached hydrogen (secondary N) is 1. The highest BCUT2D eigenvalue weighted by Crippen LogP contribution is 2.26. The Balaban J connectivity index is 1.59. The highest BCUT2D eigenvalue weighted by atomic mass is 32.1. The fraction of sp³-hybridized carbons (Fsp3) is 0.733. The topological polar surface area (TPSA) is 15.3 Å². The second kappa shape index (κ2) is 7.27. The van der Waals surface area contributed by atoms with E-state index in [4.69, 9.17) is 0 Å². The van der Waals surface area contributed by atoms with Crippen LogP contribution in [0.2, 0.25) is 0 Å². The molecule has 0 bridgehead atoms. The fourth-order valence-electron chi connectivity index (χ4n) is 2.44. The molecule has 1 N–H and O–H groups in total. The van der Waals surface area contributed by atoms with Gasteiger partial charge in [0, 0.05) is 31.1 Å². The van der Waals surface area contributed by atoms with E-state index in [1.54, 1.807) is 0 Å². The Morgan fingerprint density at radius 2 is 2.28 bits per heavy atom. The van der Waals surface area contributed by atoms with E-state index in [0.29, 0.717) is 0 Å². The quantitative estimate of drug-likeness (QED) is 0.727. The molecule has 1 aliphatic carbocycles. The van der Waals surface area contributed by atoms with Crippen LogP contribution in [0.4, 0.5) is 0 Å². The van der Waals surface area contributed by atoms with Crippen molar-refractivity contribution in [3.63, 3.8) is 0 Å². The van der Waals surface area contributed by atoms with Gasteiger partial charge >= 0.3 is 0 Å². The maximum atomic E-state index is 3.57. The fourth-order valence-corrected chi connectivity index (χ4v) is 3.32. The van der Waals surface area contributed by atoms with E-state index < -0.39 is 0 Å². The Kier molecular flexibility index (Phi) is 5.67. The van der Waals surface area contributed by atoms with E-state index in [9.17, 15) is 0 Å². The van der Waals surface area contributed by atoms with Gasteiger partial charge in [0.05, 0.1) is 0 Å². The first-order valence-electron chi connectivity index (χ1n) is 7.25. The second-order valence-corrected chi connectivity index (χ2v) is 6.39. The van der Waals surface area contributed by atoms with Gasteiger partial charge in [-0.2, -0.15) is 0 Å². The predicted molar refractivity (Wildman–Crippen MR) is 80.2 cm³/mol. The molecule has 1 aromatic rings. The van der Waals surface area contributed by atoms with Crippen LogP contribution in [0.15, 0.2) is 11.4 Å². The van der Waals surface area contributed by atoms with Crippen molar-refractivity contribution < 1.29 is 0 Å². The van der Waals surface area contributed by atoms with Crippen molar-refractivity contribution in [2.75, 3.05) is 26.2 Å². The number of aryl methyl sites for hydroxylation is 1. The van der Waals surface area contributed by atoms with Crippen LogP contribution in [0.25, 0.3) is 0 Å². The van der Waals surface area contributed by atoms with Crippen molar-refractivity contribution >= 4 is 11.3 Å². The molecular formula is C15H26N2S. The van der Waals surface area contributed by atoms with Crippen molar-refractivity contribution in [3.05, 3.63) is 21.9 Å². The highest BCUT2D eigenvalue weighted by Gasteiger charge is 2.19. The summed E-state index contributed by atoms with van der Waals surface area (Å²) in [5.74, 6) is 0.990. The molecule has 102 valence electrons. The van der Waals surface area contributed by atoms with Crippen molar-refractivity contribution in [2.24, 2.45) is 5.92 Å². The van der Waals surface area contributed by atoms with Crippen molar-refractivity contribution in [2.45, 2.75) is 39.7 Å². The van der Waals surface area contributed by atoms with E-state index >= 15 is 0 Å². The molecule has 1 fully saturated rings. The Bertz CT molecular complexity index is 344. The summed E-state index contributed by atoms with van der Waals surface area (Å²) in [4.78, 5) is 4.08. The minimum atomic E-state index is 0.990. The van der Waals surface area contributed by atoms with Crippen LogP contribution in [-0.2, 0) is 6.54 Å². The van der Waals surface area contributed by atoms with Gasteiger partial charge in [0.25, 0.3) is 0 Å². The van der Waals surface area contributed by atoms with Gasteiger partial charge in [0.1, 0.15) is 0 Å². The van der Waals surface area contributed by atoms with Crippen molar-refractivity contribution in [1.29, 1.82) is 0 Å². The summed E-state index contributed by atoms with van der Waals surface area (Å²) in [7, 11) is 0. The van der Waals surface area contributed by atoms with Gasteiger partial charge in [0.15, 0.2) is 0 Å². The molecule has 0 unspecified atom stereocenters. The van der Waals surface area contributed by atoms with Crippen LogP contribution in [0.1, 0.15) is 36.6 Å². The number of thiophene rings is 1. The molecule has 0 amide bonds. The second-order valence-electron chi connectivity index (χ2n) is 5.39. The van der Waals surface area contributed by atoms with E-state index in [1.807, 2.05) is 11.3 Å².